The Bertz CT molecular complexity index is 291. The van der Waals surface area contributed by atoms with Crippen LogP contribution in [0.5, 0.6) is 0 Å². The fourth-order valence-corrected chi connectivity index (χ4v) is 2.19. The fourth-order valence-electron chi connectivity index (χ4n) is 2.19. The largest absolute Gasteiger partial charge is 0.444 e. The summed E-state index contributed by atoms with van der Waals surface area (Å²) in [5, 5.41) is 6.09. The first kappa shape index (κ1) is 16.2. The number of nitrogens with one attached hydrogen (secondary N) is 2. The van der Waals surface area contributed by atoms with E-state index in [1.165, 1.54) is 0 Å². The van der Waals surface area contributed by atoms with Crippen LogP contribution in [-0.2, 0) is 14.2 Å². The van der Waals surface area contributed by atoms with Crippen LogP contribution in [0.3, 0.4) is 0 Å². The summed E-state index contributed by atoms with van der Waals surface area (Å²) in [6, 6.07) is 0.282. The van der Waals surface area contributed by atoms with Crippen LogP contribution in [-0.4, -0.2) is 50.8 Å². The number of alkyl carbamates (subject to hydrolysis) is 1. The number of hydrogen-bond donors (Lipinski definition) is 2. The molecule has 0 aromatic carbocycles. The van der Waals surface area contributed by atoms with E-state index in [9.17, 15) is 4.79 Å². The molecule has 0 aromatic heterocycles. The van der Waals surface area contributed by atoms with Gasteiger partial charge in [-0.15, -0.1) is 0 Å². The molecule has 0 bridgehead atoms. The van der Waals surface area contributed by atoms with Crippen LogP contribution >= 0.6 is 0 Å². The van der Waals surface area contributed by atoms with Crippen molar-refractivity contribution >= 4 is 6.09 Å². The first-order valence-electron chi connectivity index (χ1n) is 6.63. The van der Waals surface area contributed by atoms with Crippen LogP contribution in [0.25, 0.3) is 0 Å². The fraction of sp³-hybridized carbons (Fsp3) is 0.923. The Morgan fingerprint density at radius 3 is 2.53 bits per heavy atom. The summed E-state index contributed by atoms with van der Waals surface area (Å²) in [4.78, 5) is 11.8. The Morgan fingerprint density at radius 1 is 1.32 bits per heavy atom. The van der Waals surface area contributed by atoms with Gasteiger partial charge in [0.05, 0.1) is 12.1 Å². The van der Waals surface area contributed by atoms with Gasteiger partial charge in [0.2, 0.25) is 0 Å². The van der Waals surface area contributed by atoms with Gasteiger partial charge in [-0.3, -0.25) is 0 Å². The Labute approximate surface area is 115 Å². The molecule has 6 nitrogen and oxygen atoms in total. The minimum atomic E-state index is -0.492. The van der Waals surface area contributed by atoms with Crippen LogP contribution in [0.15, 0.2) is 0 Å². The lowest BCUT2D eigenvalue weighted by atomic mass is 10.2. The molecule has 0 saturated heterocycles. The van der Waals surface area contributed by atoms with Crippen molar-refractivity contribution in [1.82, 2.24) is 10.6 Å². The molecular weight excluding hydrogens is 248 g/mol. The van der Waals surface area contributed by atoms with Crippen molar-refractivity contribution in [2.45, 2.75) is 57.4 Å². The summed E-state index contributed by atoms with van der Waals surface area (Å²) in [6.07, 6.45) is 1.22. The van der Waals surface area contributed by atoms with E-state index in [1.54, 1.807) is 7.11 Å². The number of carbonyl (C=O) groups is 1. The van der Waals surface area contributed by atoms with Crippen molar-refractivity contribution in [2.75, 3.05) is 21.0 Å². The van der Waals surface area contributed by atoms with Gasteiger partial charge in [0.25, 0.3) is 0 Å². The summed E-state index contributed by atoms with van der Waals surface area (Å²) in [6.45, 7) is 5.76. The van der Waals surface area contributed by atoms with E-state index in [0.717, 1.165) is 12.8 Å². The molecular formula is C13H26N2O4. The normalized spacial score (nSPS) is 27.3. The lowest BCUT2D eigenvalue weighted by molar-refractivity contribution is -0.0773. The van der Waals surface area contributed by atoms with E-state index in [4.69, 9.17) is 14.2 Å². The molecule has 3 atom stereocenters. The van der Waals surface area contributed by atoms with Gasteiger partial charge in [-0.05, 0) is 40.7 Å². The molecule has 0 radical (unpaired) electrons. The number of amides is 1. The third kappa shape index (κ3) is 5.76. The molecule has 1 saturated carbocycles. The van der Waals surface area contributed by atoms with Crippen molar-refractivity contribution in [3.05, 3.63) is 0 Å². The van der Waals surface area contributed by atoms with Gasteiger partial charge in [0.15, 0.2) is 0 Å². The highest BCUT2D eigenvalue weighted by Gasteiger charge is 2.36. The number of ether oxygens (including phenoxy) is 3. The molecule has 2 N–H and O–H groups in total. The van der Waals surface area contributed by atoms with E-state index < -0.39 is 11.7 Å². The summed E-state index contributed by atoms with van der Waals surface area (Å²) in [5.74, 6) is 0. The van der Waals surface area contributed by atoms with Crippen molar-refractivity contribution < 1.29 is 19.0 Å². The van der Waals surface area contributed by atoms with Crippen LogP contribution in [0.2, 0.25) is 0 Å². The molecule has 1 fully saturated rings. The molecule has 19 heavy (non-hydrogen) atoms. The predicted molar refractivity (Wildman–Crippen MR) is 72.0 cm³/mol. The van der Waals surface area contributed by atoms with Crippen molar-refractivity contribution in [3.8, 4) is 0 Å². The van der Waals surface area contributed by atoms with Crippen molar-refractivity contribution in [3.63, 3.8) is 0 Å². The lowest BCUT2D eigenvalue weighted by Gasteiger charge is -2.24. The maximum absolute atomic E-state index is 11.8. The number of hydrogen-bond acceptors (Lipinski definition) is 5. The maximum atomic E-state index is 11.8. The zero-order valence-corrected chi connectivity index (χ0v) is 12.5. The molecule has 1 rings (SSSR count). The van der Waals surface area contributed by atoms with E-state index in [0.29, 0.717) is 6.04 Å². The van der Waals surface area contributed by atoms with E-state index in [-0.39, 0.29) is 18.9 Å². The second-order valence-electron chi connectivity index (χ2n) is 5.82. The molecule has 0 unspecified atom stereocenters. The minimum absolute atomic E-state index is 0.0510. The van der Waals surface area contributed by atoms with Crippen LogP contribution in [0, 0.1) is 0 Å². The summed E-state index contributed by atoms with van der Waals surface area (Å²) >= 11 is 0. The first-order valence-corrected chi connectivity index (χ1v) is 6.63. The Hall–Kier alpha value is -0.850. The molecule has 1 amide bonds. The summed E-state index contributed by atoms with van der Waals surface area (Å²) < 4.78 is 15.8. The average Bonchev–Trinajstić information content (AvgIpc) is 2.66. The zero-order valence-electron chi connectivity index (χ0n) is 12.5. The van der Waals surface area contributed by atoms with Crippen LogP contribution in [0.1, 0.15) is 33.6 Å². The molecule has 0 aliphatic heterocycles. The SMILES string of the molecule is CN[C@H]1C[C@@H](NC(=O)OC(C)(C)C)[C@H](OCOC)C1. The average molecular weight is 274 g/mol. The number of carbonyl (C=O) groups excluding carboxylic acids is 1. The smallest absolute Gasteiger partial charge is 0.407 e. The lowest BCUT2D eigenvalue weighted by Crippen LogP contribution is -2.44. The third-order valence-electron chi connectivity index (χ3n) is 3.01. The first-order chi connectivity index (χ1) is 8.85. The number of rotatable bonds is 5. The number of methoxy groups -OCH3 is 1. The second-order valence-corrected chi connectivity index (χ2v) is 5.82. The third-order valence-corrected chi connectivity index (χ3v) is 3.01. The highest BCUT2D eigenvalue weighted by atomic mass is 16.7. The molecule has 0 heterocycles. The van der Waals surface area contributed by atoms with Gasteiger partial charge in [-0.1, -0.05) is 0 Å². The minimum Gasteiger partial charge on any atom is -0.444 e. The van der Waals surface area contributed by atoms with E-state index >= 15 is 0 Å². The maximum Gasteiger partial charge on any atom is 0.407 e. The molecule has 112 valence electrons. The van der Waals surface area contributed by atoms with Gasteiger partial charge >= 0.3 is 6.09 Å². The topological polar surface area (TPSA) is 68.8 Å². The molecule has 0 aromatic rings. The van der Waals surface area contributed by atoms with Crippen LogP contribution < -0.4 is 10.6 Å². The van der Waals surface area contributed by atoms with Gasteiger partial charge in [-0.25, -0.2) is 4.79 Å². The van der Waals surface area contributed by atoms with Gasteiger partial charge < -0.3 is 24.8 Å². The van der Waals surface area contributed by atoms with Gasteiger partial charge in [-0.2, -0.15) is 0 Å². The molecule has 1 aliphatic carbocycles. The van der Waals surface area contributed by atoms with Crippen LogP contribution in [0.4, 0.5) is 4.79 Å². The molecule has 6 heteroatoms. The highest BCUT2D eigenvalue weighted by Crippen LogP contribution is 2.23. The standard InChI is InChI=1S/C13H26N2O4/c1-13(2,3)19-12(16)15-10-6-9(14-4)7-11(10)18-8-17-5/h9-11,14H,6-8H2,1-5H3,(H,15,16)/t9-,10+,11+/m0/s1. The van der Waals surface area contributed by atoms with Crippen molar-refractivity contribution in [1.29, 1.82) is 0 Å². The molecule has 0 spiro atoms. The Kier molecular flexibility index (Phi) is 6.03. The monoisotopic (exact) mass is 274 g/mol. The summed E-state index contributed by atoms with van der Waals surface area (Å²) in [5.41, 5.74) is -0.492. The van der Waals surface area contributed by atoms with E-state index in [2.05, 4.69) is 10.6 Å². The summed E-state index contributed by atoms with van der Waals surface area (Å²) in [7, 11) is 3.49. The predicted octanol–water partition coefficient (Wildman–Crippen LogP) is 1.25. The highest BCUT2D eigenvalue weighted by molar-refractivity contribution is 5.68. The van der Waals surface area contributed by atoms with E-state index in [1.807, 2.05) is 27.8 Å². The van der Waals surface area contributed by atoms with Crippen molar-refractivity contribution in [2.24, 2.45) is 0 Å². The molecule has 1 aliphatic rings. The van der Waals surface area contributed by atoms with Gasteiger partial charge in [0, 0.05) is 13.2 Å². The zero-order chi connectivity index (χ0) is 14.5. The quantitative estimate of drug-likeness (QED) is 0.739. The Balaban J connectivity index is 2.50. The Morgan fingerprint density at radius 2 is 2.00 bits per heavy atom. The second kappa shape index (κ2) is 7.07. The van der Waals surface area contributed by atoms with Gasteiger partial charge in [0.1, 0.15) is 12.4 Å².